The second-order valence-electron chi connectivity index (χ2n) is 4.37. The summed E-state index contributed by atoms with van der Waals surface area (Å²) in [7, 11) is 0. The molecule has 0 aliphatic rings. The molecule has 3 N–H and O–H groups in total. The summed E-state index contributed by atoms with van der Waals surface area (Å²) in [5, 5.41) is 0. The number of hydrogen-bond donors (Lipinski definition) is 2. The van der Waals surface area contributed by atoms with E-state index in [4.69, 9.17) is 5.84 Å². The van der Waals surface area contributed by atoms with Gasteiger partial charge in [0.1, 0.15) is 0 Å². The zero-order valence-electron chi connectivity index (χ0n) is 10.8. The number of halogens is 1. The van der Waals surface area contributed by atoms with E-state index in [2.05, 4.69) is 64.7 Å². The number of benzene rings is 2. The van der Waals surface area contributed by atoms with Gasteiger partial charge < -0.3 is 0 Å². The number of hydrazine groups is 1. The van der Waals surface area contributed by atoms with Gasteiger partial charge in [-0.1, -0.05) is 42.0 Å². The highest BCUT2D eigenvalue weighted by Gasteiger charge is 2.10. The van der Waals surface area contributed by atoms with Crippen LogP contribution in [0.4, 0.5) is 0 Å². The van der Waals surface area contributed by atoms with Crippen molar-refractivity contribution in [3.63, 3.8) is 0 Å². The van der Waals surface area contributed by atoms with E-state index in [0.29, 0.717) is 0 Å². The molecular formula is C15H17BrN2S. The first-order valence-corrected chi connectivity index (χ1v) is 7.88. The van der Waals surface area contributed by atoms with E-state index in [9.17, 15) is 0 Å². The Balaban J connectivity index is 2.04. The van der Waals surface area contributed by atoms with E-state index in [1.54, 1.807) is 11.8 Å². The van der Waals surface area contributed by atoms with Gasteiger partial charge >= 0.3 is 0 Å². The molecule has 2 rings (SSSR count). The Morgan fingerprint density at radius 3 is 2.47 bits per heavy atom. The average Bonchev–Trinajstić information content (AvgIpc) is 2.43. The van der Waals surface area contributed by atoms with Crippen LogP contribution in [0.1, 0.15) is 17.2 Å². The lowest BCUT2D eigenvalue weighted by atomic mass is 10.1. The van der Waals surface area contributed by atoms with Crippen LogP contribution in [0.25, 0.3) is 0 Å². The maximum atomic E-state index is 5.67. The van der Waals surface area contributed by atoms with E-state index in [-0.39, 0.29) is 6.04 Å². The summed E-state index contributed by atoms with van der Waals surface area (Å²) < 4.78 is 1.12. The fraction of sp³-hybridized carbons (Fsp3) is 0.200. The third kappa shape index (κ3) is 4.08. The number of nitrogens with two attached hydrogens (primary N) is 1. The van der Waals surface area contributed by atoms with Crippen LogP contribution < -0.4 is 11.3 Å². The lowest BCUT2D eigenvalue weighted by molar-refractivity contribution is 0.610. The molecule has 0 aliphatic carbocycles. The second kappa shape index (κ2) is 7.10. The first-order chi connectivity index (χ1) is 9.20. The van der Waals surface area contributed by atoms with Crippen LogP contribution in [0.3, 0.4) is 0 Å². The van der Waals surface area contributed by atoms with Crippen molar-refractivity contribution in [3.8, 4) is 0 Å². The predicted octanol–water partition coefficient (Wildman–Crippen LogP) is 4.05. The molecule has 0 bridgehead atoms. The van der Waals surface area contributed by atoms with Crippen molar-refractivity contribution >= 4 is 27.7 Å². The summed E-state index contributed by atoms with van der Waals surface area (Å²) >= 11 is 5.35. The van der Waals surface area contributed by atoms with Gasteiger partial charge in [-0.05, 0) is 40.5 Å². The van der Waals surface area contributed by atoms with Crippen molar-refractivity contribution in [2.75, 3.05) is 5.75 Å². The zero-order chi connectivity index (χ0) is 13.7. The molecule has 0 saturated carbocycles. The van der Waals surface area contributed by atoms with Gasteiger partial charge in [-0.3, -0.25) is 11.3 Å². The SMILES string of the molecule is Cc1ccc(C(CSc2ccccc2Br)NN)cc1. The average molecular weight is 337 g/mol. The smallest absolute Gasteiger partial charge is 0.0553 e. The normalized spacial score (nSPS) is 12.4. The molecule has 4 heteroatoms. The predicted molar refractivity (Wildman–Crippen MR) is 86.1 cm³/mol. The highest BCUT2D eigenvalue weighted by Crippen LogP contribution is 2.30. The molecule has 0 saturated heterocycles. The molecule has 0 aromatic heterocycles. The van der Waals surface area contributed by atoms with E-state index in [1.165, 1.54) is 16.0 Å². The van der Waals surface area contributed by atoms with Crippen molar-refractivity contribution in [2.45, 2.75) is 17.9 Å². The van der Waals surface area contributed by atoms with Crippen LogP contribution in [-0.2, 0) is 0 Å². The molecule has 0 aliphatic heterocycles. The maximum Gasteiger partial charge on any atom is 0.0553 e. The van der Waals surface area contributed by atoms with Crippen LogP contribution in [0, 0.1) is 6.92 Å². The molecule has 0 amide bonds. The van der Waals surface area contributed by atoms with Crippen LogP contribution in [-0.4, -0.2) is 5.75 Å². The Bertz CT molecular complexity index is 528. The molecule has 2 aromatic rings. The standard InChI is InChI=1S/C15H17BrN2S/c1-11-6-8-12(9-7-11)14(18-17)10-19-15-5-3-2-4-13(15)16/h2-9,14,18H,10,17H2,1H3. The number of hydrogen-bond acceptors (Lipinski definition) is 3. The third-order valence-electron chi connectivity index (χ3n) is 2.92. The summed E-state index contributed by atoms with van der Waals surface area (Å²) in [6.45, 7) is 2.09. The Morgan fingerprint density at radius 2 is 1.84 bits per heavy atom. The minimum atomic E-state index is 0.151. The fourth-order valence-corrected chi connectivity index (χ4v) is 3.42. The Morgan fingerprint density at radius 1 is 1.16 bits per heavy atom. The second-order valence-corrected chi connectivity index (χ2v) is 6.29. The molecule has 2 nitrogen and oxygen atoms in total. The molecular weight excluding hydrogens is 320 g/mol. The fourth-order valence-electron chi connectivity index (χ4n) is 1.77. The minimum Gasteiger partial charge on any atom is -0.271 e. The Labute approximate surface area is 126 Å². The van der Waals surface area contributed by atoms with E-state index in [0.717, 1.165) is 10.2 Å². The van der Waals surface area contributed by atoms with Crippen molar-refractivity contribution in [1.29, 1.82) is 0 Å². The van der Waals surface area contributed by atoms with Gasteiger partial charge in [0.05, 0.1) is 6.04 Å². The molecule has 0 spiro atoms. The first kappa shape index (κ1) is 14.6. The van der Waals surface area contributed by atoms with Gasteiger partial charge in [-0.15, -0.1) is 11.8 Å². The summed E-state index contributed by atoms with van der Waals surface area (Å²) in [5.74, 6) is 6.56. The number of thioether (sulfide) groups is 1. The van der Waals surface area contributed by atoms with Crippen LogP contribution in [0.15, 0.2) is 57.9 Å². The van der Waals surface area contributed by atoms with Crippen LogP contribution in [0.2, 0.25) is 0 Å². The molecule has 1 atom stereocenters. The van der Waals surface area contributed by atoms with Crippen molar-refractivity contribution in [3.05, 3.63) is 64.1 Å². The molecule has 1 unspecified atom stereocenters. The molecule has 0 heterocycles. The molecule has 100 valence electrons. The molecule has 19 heavy (non-hydrogen) atoms. The quantitative estimate of drug-likeness (QED) is 0.491. The Kier molecular flexibility index (Phi) is 5.45. The maximum absolute atomic E-state index is 5.67. The van der Waals surface area contributed by atoms with E-state index < -0.39 is 0 Å². The largest absolute Gasteiger partial charge is 0.271 e. The number of nitrogens with one attached hydrogen (secondary N) is 1. The molecule has 0 fully saturated rings. The lowest BCUT2D eigenvalue weighted by Gasteiger charge is -2.16. The topological polar surface area (TPSA) is 38.0 Å². The van der Waals surface area contributed by atoms with Gasteiger partial charge in [-0.25, -0.2) is 0 Å². The highest BCUT2D eigenvalue weighted by atomic mass is 79.9. The zero-order valence-corrected chi connectivity index (χ0v) is 13.2. The minimum absolute atomic E-state index is 0.151. The lowest BCUT2D eigenvalue weighted by Crippen LogP contribution is -2.29. The summed E-state index contributed by atoms with van der Waals surface area (Å²) in [4.78, 5) is 1.23. The monoisotopic (exact) mass is 336 g/mol. The summed E-state index contributed by atoms with van der Waals surface area (Å²) in [6, 6.07) is 16.9. The van der Waals surface area contributed by atoms with E-state index in [1.807, 2.05) is 12.1 Å². The van der Waals surface area contributed by atoms with Crippen molar-refractivity contribution in [1.82, 2.24) is 5.43 Å². The molecule has 2 aromatic carbocycles. The third-order valence-corrected chi connectivity index (χ3v) is 5.04. The van der Waals surface area contributed by atoms with Crippen molar-refractivity contribution in [2.24, 2.45) is 5.84 Å². The van der Waals surface area contributed by atoms with Gasteiger partial charge in [0.25, 0.3) is 0 Å². The van der Waals surface area contributed by atoms with Gasteiger partial charge in [0, 0.05) is 15.1 Å². The van der Waals surface area contributed by atoms with Gasteiger partial charge in [0.2, 0.25) is 0 Å². The van der Waals surface area contributed by atoms with Crippen LogP contribution in [0.5, 0.6) is 0 Å². The molecule has 0 radical (unpaired) electrons. The highest BCUT2D eigenvalue weighted by molar-refractivity contribution is 9.10. The Hall–Kier alpha value is -0.810. The van der Waals surface area contributed by atoms with Crippen molar-refractivity contribution < 1.29 is 0 Å². The van der Waals surface area contributed by atoms with Crippen LogP contribution >= 0.6 is 27.7 Å². The number of rotatable bonds is 5. The number of aryl methyl sites for hydroxylation is 1. The summed E-state index contributed by atoms with van der Waals surface area (Å²) in [5.41, 5.74) is 5.37. The van der Waals surface area contributed by atoms with E-state index >= 15 is 0 Å². The van der Waals surface area contributed by atoms with Gasteiger partial charge in [-0.2, -0.15) is 0 Å². The summed E-state index contributed by atoms with van der Waals surface area (Å²) in [6.07, 6.45) is 0. The first-order valence-electron chi connectivity index (χ1n) is 6.10. The van der Waals surface area contributed by atoms with Gasteiger partial charge in [0.15, 0.2) is 0 Å².